The van der Waals surface area contributed by atoms with Crippen molar-refractivity contribution in [2.75, 3.05) is 4.90 Å². The number of fused-ring (bicyclic) bond motifs is 3. The standard InChI is InChI=1S/C32H27N.C31H25N.C4H8.C2H6/c1-22-11-6-7-15-26(22)32-23(2)12-10-17-27(32)24-19-20-29-28-16-8-9-18-30(28)33(31(29)21-24)25-13-4-3-5-14-25;1-24-12-18-29(19-13-24)32(30-20-14-27(15-21-30)25-8-4-2-5-9-25)31-22-16-28(17-23-31)26-10-6-3-7-11-26;1-3-4-2;1-2/h3-7,9-15,17-21H,8,16H2,1-2H3;2-23H,1H3;3-4H,1-2H3;1-2H3/b;;4-3-;. The van der Waals surface area contributed by atoms with E-state index >= 15 is 0 Å². The van der Waals surface area contributed by atoms with Gasteiger partial charge in [0, 0.05) is 33.8 Å². The van der Waals surface area contributed by atoms with Crippen LogP contribution in [0.2, 0.25) is 0 Å². The molecule has 0 saturated carbocycles. The summed E-state index contributed by atoms with van der Waals surface area (Å²) in [7, 11) is 0. The number of para-hydroxylation sites is 1. The summed E-state index contributed by atoms with van der Waals surface area (Å²) in [4.78, 5) is 2.31. The number of benzene rings is 9. The highest BCUT2D eigenvalue weighted by atomic mass is 15.1. The quantitative estimate of drug-likeness (QED) is 0.138. The molecule has 9 aromatic carbocycles. The van der Waals surface area contributed by atoms with Gasteiger partial charge >= 0.3 is 0 Å². The Labute approximate surface area is 423 Å². The second-order valence-corrected chi connectivity index (χ2v) is 17.7. The lowest BCUT2D eigenvalue weighted by molar-refractivity contribution is 0.967. The first-order chi connectivity index (χ1) is 34.9. The summed E-state index contributed by atoms with van der Waals surface area (Å²) in [5.41, 5.74) is 22.7. The Bertz CT molecular complexity index is 3230. The van der Waals surface area contributed by atoms with Gasteiger partial charge in [-0.15, -0.1) is 0 Å². The van der Waals surface area contributed by atoms with Crippen molar-refractivity contribution in [2.45, 2.75) is 61.3 Å². The summed E-state index contributed by atoms with van der Waals surface area (Å²) in [6, 6.07) is 80.5. The van der Waals surface area contributed by atoms with E-state index in [1.54, 1.807) is 0 Å². The summed E-state index contributed by atoms with van der Waals surface area (Å²) in [5, 5.41) is 1.37. The highest BCUT2D eigenvalue weighted by molar-refractivity contribution is 5.96. The van der Waals surface area contributed by atoms with Crippen LogP contribution in [0.5, 0.6) is 0 Å². The van der Waals surface area contributed by atoms with E-state index in [1.165, 1.54) is 89.0 Å². The highest BCUT2D eigenvalue weighted by Crippen LogP contribution is 2.41. The van der Waals surface area contributed by atoms with Crippen molar-refractivity contribution in [3.05, 3.63) is 271 Å². The van der Waals surface area contributed by atoms with Crippen LogP contribution in [-0.2, 0) is 6.42 Å². The van der Waals surface area contributed by atoms with Crippen molar-refractivity contribution in [2.24, 2.45) is 0 Å². The van der Waals surface area contributed by atoms with Crippen LogP contribution in [0.15, 0.2) is 243 Å². The number of hydrogen-bond donors (Lipinski definition) is 0. The molecule has 2 heteroatoms. The van der Waals surface area contributed by atoms with E-state index in [-0.39, 0.29) is 0 Å². The number of hydrogen-bond acceptors (Lipinski definition) is 1. The Morgan fingerprint density at radius 3 is 1.45 bits per heavy atom. The van der Waals surface area contributed by atoms with Gasteiger partial charge in [0.2, 0.25) is 0 Å². The highest BCUT2D eigenvalue weighted by Gasteiger charge is 2.20. The first-order valence-corrected chi connectivity index (χ1v) is 25.2. The predicted molar refractivity (Wildman–Crippen MR) is 310 cm³/mol. The van der Waals surface area contributed by atoms with Gasteiger partial charge in [0.05, 0.1) is 5.52 Å². The molecule has 10 aromatic rings. The molecule has 1 aromatic heterocycles. The van der Waals surface area contributed by atoms with E-state index in [0.29, 0.717) is 0 Å². The first kappa shape index (κ1) is 49.2. The lowest BCUT2D eigenvalue weighted by Crippen LogP contribution is -2.09. The van der Waals surface area contributed by atoms with E-state index in [1.807, 2.05) is 39.8 Å². The van der Waals surface area contributed by atoms with E-state index in [2.05, 4.69) is 267 Å². The van der Waals surface area contributed by atoms with Gasteiger partial charge < -0.3 is 9.47 Å². The van der Waals surface area contributed by atoms with E-state index in [9.17, 15) is 0 Å². The lowest BCUT2D eigenvalue weighted by Gasteiger charge is -2.26. The number of nitrogens with zero attached hydrogens (tertiary/aromatic N) is 2. The molecular weight excluding hydrogens is 857 g/mol. The van der Waals surface area contributed by atoms with Crippen LogP contribution in [0.1, 0.15) is 62.1 Å². The van der Waals surface area contributed by atoms with E-state index in [0.717, 1.165) is 29.9 Å². The van der Waals surface area contributed by atoms with Gasteiger partial charge in [-0.2, -0.15) is 0 Å². The largest absolute Gasteiger partial charge is 0.311 e. The van der Waals surface area contributed by atoms with Crippen LogP contribution >= 0.6 is 0 Å². The molecule has 1 aliphatic rings. The van der Waals surface area contributed by atoms with Gasteiger partial charge in [0.15, 0.2) is 0 Å². The van der Waals surface area contributed by atoms with Gasteiger partial charge in [-0.25, -0.2) is 0 Å². The third kappa shape index (κ3) is 11.3. The van der Waals surface area contributed by atoms with Crippen molar-refractivity contribution >= 4 is 34.0 Å². The number of rotatable bonds is 8. The summed E-state index contributed by atoms with van der Waals surface area (Å²) >= 11 is 0. The topological polar surface area (TPSA) is 8.17 Å². The van der Waals surface area contributed by atoms with Crippen LogP contribution in [0.25, 0.3) is 67.2 Å². The zero-order chi connectivity index (χ0) is 49.5. The molecular formula is C69H66N2. The lowest BCUT2D eigenvalue weighted by atomic mass is 9.88. The zero-order valence-corrected chi connectivity index (χ0v) is 42.5. The van der Waals surface area contributed by atoms with Crippen LogP contribution in [-0.4, -0.2) is 4.57 Å². The Balaban J connectivity index is 0.000000172. The van der Waals surface area contributed by atoms with Crippen molar-refractivity contribution < 1.29 is 0 Å². The molecule has 0 amide bonds. The van der Waals surface area contributed by atoms with Gasteiger partial charge in [0.1, 0.15) is 0 Å². The van der Waals surface area contributed by atoms with Crippen molar-refractivity contribution in [1.29, 1.82) is 0 Å². The molecule has 0 N–H and O–H groups in total. The van der Waals surface area contributed by atoms with Gasteiger partial charge in [-0.05, 0) is 169 Å². The van der Waals surface area contributed by atoms with Gasteiger partial charge in [-0.3, -0.25) is 0 Å². The van der Waals surface area contributed by atoms with Crippen molar-refractivity contribution in [3.63, 3.8) is 0 Å². The molecule has 0 unspecified atom stereocenters. The molecule has 0 bridgehead atoms. The van der Waals surface area contributed by atoms with Crippen LogP contribution < -0.4 is 4.90 Å². The second-order valence-electron chi connectivity index (χ2n) is 17.7. The average Bonchev–Trinajstić information content (AvgIpc) is 3.77. The molecule has 1 aliphatic carbocycles. The fourth-order valence-electron chi connectivity index (χ4n) is 9.39. The summed E-state index contributed by atoms with van der Waals surface area (Å²) in [5.74, 6) is 0. The normalized spacial score (nSPS) is 11.4. The number of aromatic nitrogens is 1. The van der Waals surface area contributed by atoms with Gasteiger partial charge in [0.25, 0.3) is 0 Å². The minimum atomic E-state index is 1.10. The Morgan fingerprint density at radius 2 is 0.901 bits per heavy atom. The van der Waals surface area contributed by atoms with Crippen LogP contribution in [0, 0.1) is 20.8 Å². The summed E-state index contributed by atoms with van der Waals surface area (Å²) in [6.07, 6.45) is 10.8. The fraction of sp³-hybridized carbons (Fsp3) is 0.130. The second kappa shape index (κ2) is 23.9. The molecule has 71 heavy (non-hydrogen) atoms. The minimum absolute atomic E-state index is 1.10. The van der Waals surface area contributed by atoms with Crippen molar-refractivity contribution in [1.82, 2.24) is 4.57 Å². The van der Waals surface area contributed by atoms with Gasteiger partial charge in [-0.1, -0.05) is 207 Å². The summed E-state index contributed by atoms with van der Waals surface area (Å²) < 4.78 is 2.44. The van der Waals surface area contributed by atoms with Crippen molar-refractivity contribution in [3.8, 4) is 50.2 Å². The molecule has 2 nitrogen and oxygen atoms in total. The maximum atomic E-state index is 2.44. The molecule has 0 radical (unpaired) electrons. The summed E-state index contributed by atoms with van der Waals surface area (Å²) in [6.45, 7) is 14.5. The maximum absolute atomic E-state index is 2.44. The first-order valence-electron chi connectivity index (χ1n) is 25.2. The molecule has 11 rings (SSSR count). The smallest absolute Gasteiger partial charge is 0.0543 e. The monoisotopic (exact) mass is 923 g/mol. The molecule has 0 aliphatic heterocycles. The number of allylic oxidation sites excluding steroid dienone is 3. The van der Waals surface area contributed by atoms with E-state index < -0.39 is 0 Å². The molecule has 0 fully saturated rings. The molecule has 352 valence electrons. The Morgan fingerprint density at radius 1 is 0.437 bits per heavy atom. The molecule has 0 saturated heterocycles. The zero-order valence-electron chi connectivity index (χ0n) is 42.5. The Kier molecular flexibility index (Phi) is 16.6. The minimum Gasteiger partial charge on any atom is -0.311 e. The van der Waals surface area contributed by atoms with Crippen LogP contribution in [0.4, 0.5) is 17.1 Å². The van der Waals surface area contributed by atoms with E-state index in [4.69, 9.17) is 0 Å². The van der Waals surface area contributed by atoms with Crippen LogP contribution in [0.3, 0.4) is 0 Å². The molecule has 0 atom stereocenters. The SMILES string of the molecule is C/C=C\C.CC.Cc1ccc(N(c2ccc(-c3ccccc3)cc2)c2ccc(-c3ccccc3)cc2)cc1.Cc1ccccc1-c1c(C)cccc1-c1ccc2c3c(n(-c4ccccc4)c2c1)C=CCC3. The molecule has 1 heterocycles. The maximum Gasteiger partial charge on any atom is 0.0543 e. The average molecular weight is 923 g/mol. The predicted octanol–water partition coefficient (Wildman–Crippen LogP) is 19.9. The fourth-order valence-corrected chi connectivity index (χ4v) is 9.39. The molecule has 0 spiro atoms. The number of aryl methyl sites for hydroxylation is 4. The third-order valence-electron chi connectivity index (χ3n) is 13.1. The number of anilines is 3. The third-order valence-corrected chi connectivity index (χ3v) is 13.1. The Hall–Kier alpha value is -8.20.